The number of rotatable bonds is 9. The summed E-state index contributed by atoms with van der Waals surface area (Å²) in [6.07, 6.45) is 0. The second-order valence-corrected chi connectivity index (χ2v) is 11.0. The van der Waals surface area contributed by atoms with Gasteiger partial charge < -0.3 is 14.0 Å². The number of likely N-dealkylation sites (N-methyl/N-ethyl adjacent to an activating group) is 1. The molecule has 0 amide bonds. The van der Waals surface area contributed by atoms with Gasteiger partial charge in [0, 0.05) is 29.8 Å². The smallest absolute Gasteiger partial charge is 0.320 e. The van der Waals surface area contributed by atoms with Crippen LogP contribution in [0.5, 0.6) is 0 Å². The zero-order chi connectivity index (χ0) is 28.2. The van der Waals surface area contributed by atoms with Crippen molar-refractivity contribution in [1.82, 2.24) is 15.0 Å². The van der Waals surface area contributed by atoms with Crippen LogP contribution in [0.1, 0.15) is 37.5 Å². The maximum atomic E-state index is 12.1. The Labute approximate surface area is 234 Å². The van der Waals surface area contributed by atoms with Crippen molar-refractivity contribution >= 4 is 17.6 Å². The fourth-order valence-electron chi connectivity index (χ4n) is 4.35. The SMILES string of the molecule is COCc1cc(-c2nc(-c3ccc(CN(C)CC(=O)OC(C)(C)C)c(Cl)c3)no2)ccc1-c1ccccc1C. The molecule has 204 valence electrons. The highest BCUT2D eigenvalue weighted by Crippen LogP contribution is 2.32. The summed E-state index contributed by atoms with van der Waals surface area (Å²) in [5, 5.41) is 4.75. The van der Waals surface area contributed by atoms with Crippen molar-refractivity contribution in [2.24, 2.45) is 0 Å². The van der Waals surface area contributed by atoms with E-state index in [4.69, 9.17) is 25.6 Å². The maximum absolute atomic E-state index is 12.1. The quantitative estimate of drug-likeness (QED) is 0.210. The van der Waals surface area contributed by atoms with Crippen LogP contribution < -0.4 is 0 Å². The van der Waals surface area contributed by atoms with Gasteiger partial charge in [-0.2, -0.15) is 4.98 Å². The lowest BCUT2D eigenvalue weighted by molar-refractivity contribution is -0.155. The van der Waals surface area contributed by atoms with E-state index in [2.05, 4.69) is 35.3 Å². The molecule has 39 heavy (non-hydrogen) atoms. The first-order chi connectivity index (χ1) is 18.5. The average Bonchev–Trinajstić information content (AvgIpc) is 3.35. The zero-order valence-electron chi connectivity index (χ0n) is 23.2. The average molecular weight is 548 g/mol. The molecule has 1 heterocycles. The van der Waals surface area contributed by atoms with Gasteiger partial charge in [-0.05, 0) is 80.8 Å². The fourth-order valence-corrected chi connectivity index (χ4v) is 4.59. The molecule has 4 aromatic rings. The third-order valence-electron chi connectivity index (χ3n) is 6.08. The first-order valence-electron chi connectivity index (χ1n) is 12.7. The summed E-state index contributed by atoms with van der Waals surface area (Å²) in [6, 6.07) is 20.0. The Morgan fingerprint density at radius 2 is 1.74 bits per heavy atom. The number of esters is 1. The van der Waals surface area contributed by atoms with Crippen LogP contribution in [0, 0.1) is 6.92 Å². The number of benzene rings is 3. The minimum atomic E-state index is -0.519. The minimum Gasteiger partial charge on any atom is -0.459 e. The summed E-state index contributed by atoms with van der Waals surface area (Å²) in [7, 11) is 3.53. The number of nitrogens with zero attached hydrogens (tertiary/aromatic N) is 3. The number of hydrogen-bond donors (Lipinski definition) is 0. The zero-order valence-corrected chi connectivity index (χ0v) is 24.0. The molecule has 4 rings (SSSR count). The Morgan fingerprint density at radius 3 is 2.44 bits per heavy atom. The van der Waals surface area contributed by atoms with E-state index in [-0.39, 0.29) is 12.5 Å². The van der Waals surface area contributed by atoms with Gasteiger partial charge in [0.05, 0.1) is 13.2 Å². The standard InChI is InChI=1S/C31H34ClN3O4/c1-20-9-7-8-10-25(20)26-14-13-22(15-24(26)19-37-6)30-33-29(34-39-30)21-11-12-23(27(32)16-21)17-35(5)18-28(36)38-31(2,3)4/h7-16H,17-19H2,1-6H3. The third kappa shape index (κ3) is 7.32. The molecule has 8 heteroatoms. The van der Waals surface area contributed by atoms with Crippen LogP contribution in [-0.2, 0) is 27.4 Å². The van der Waals surface area contributed by atoms with Gasteiger partial charge in [0.2, 0.25) is 5.82 Å². The van der Waals surface area contributed by atoms with E-state index in [0.717, 1.165) is 33.4 Å². The van der Waals surface area contributed by atoms with Crippen molar-refractivity contribution in [3.8, 4) is 34.0 Å². The van der Waals surface area contributed by atoms with Crippen LogP contribution >= 0.6 is 11.6 Å². The normalized spacial score (nSPS) is 11.7. The molecule has 3 aromatic carbocycles. The predicted molar refractivity (Wildman–Crippen MR) is 153 cm³/mol. The molecule has 0 bridgehead atoms. The van der Waals surface area contributed by atoms with E-state index in [9.17, 15) is 4.79 Å². The molecule has 0 saturated carbocycles. The molecule has 0 atom stereocenters. The van der Waals surface area contributed by atoms with Crippen LogP contribution in [0.3, 0.4) is 0 Å². The molecule has 7 nitrogen and oxygen atoms in total. The number of carbonyl (C=O) groups excluding carboxylic acids is 1. The second kappa shape index (κ2) is 12.1. The van der Waals surface area contributed by atoms with E-state index in [0.29, 0.717) is 29.9 Å². The molecule has 0 N–H and O–H groups in total. The maximum Gasteiger partial charge on any atom is 0.320 e. The van der Waals surface area contributed by atoms with E-state index in [1.54, 1.807) is 7.11 Å². The molecular weight excluding hydrogens is 514 g/mol. The van der Waals surface area contributed by atoms with Crippen molar-refractivity contribution in [3.05, 3.63) is 82.4 Å². The Bertz CT molecular complexity index is 1460. The van der Waals surface area contributed by atoms with Crippen molar-refractivity contribution in [1.29, 1.82) is 0 Å². The third-order valence-corrected chi connectivity index (χ3v) is 6.44. The van der Waals surface area contributed by atoms with Crippen molar-refractivity contribution in [3.63, 3.8) is 0 Å². The molecule has 0 fully saturated rings. The van der Waals surface area contributed by atoms with Crippen LogP contribution in [0.15, 0.2) is 65.2 Å². The highest BCUT2D eigenvalue weighted by molar-refractivity contribution is 6.31. The van der Waals surface area contributed by atoms with Gasteiger partial charge in [-0.3, -0.25) is 9.69 Å². The fraction of sp³-hybridized carbons (Fsp3) is 0.323. The summed E-state index contributed by atoms with van der Waals surface area (Å²) in [5.74, 6) is 0.575. The highest BCUT2D eigenvalue weighted by atomic mass is 35.5. The number of hydrogen-bond acceptors (Lipinski definition) is 7. The number of aromatic nitrogens is 2. The van der Waals surface area contributed by atoms with Crippen molar-refractivity contribution in [2.45, 2.75) is 46.4 Å². The largest absolute Gasteiger partial charge is 0.459 e. The Hall–Kier alpha value is -3.52. The summed E-state index contributed by atoms with van der Waals surface area (Å²) in [6.45, 7) is 8.76. The Balaban J connectivity index is 1.51. The lowest BCUT2D eigenvalue weighted by atomic mass is 9.94. The number of carbonyl (C=O) groups is 1. The van der Waals surface area contributed by atoms with Gasteiger partial charge in [-0.15, -0.1) is 0 Å². The molecule has 0 radical (unpaired) electrons. The van der Waals surface area contributed by atoms with Gasteiger partial charge in [-0.25, -0.2) is 0 Å². The van der Waals surface area contributed by atoms with Crippen molar-refractivity contribution in [2.75, 3.05) is 20.7 Å². The summed E-state index contributed by atoms with van der Waals surface area (Å²) in [4.78, 5) is 18.6. The first kappa shape index (κ1) is 28.5. The molecule has 0 aliphatic rings. The van der Waals surface area contributed by atoms with E-state index in [1.807, 2.05) is 75.2 Å². The molecule has 0 aliphatic carbocycles. The monoisotopic (exact) mass is 547 g/mol. The van der Waals surface area contributed by atoms with Crippen molar-refractivity contribution < 1.29 is 18.8 Å². The van der Waals surface area contributed by atoms with E-state index >= 15 is 0 Å². The lowest BCUT2D eigenvalue weighted by Gasteiger charge is -2.22. The van der Waals surface area contributed by atoms with Gasteiger partial charge in [0.1, 0.15) is 5.60 Å². The first-order valence-corrected chi connectivity index (χ1v) is 13.1. The summed E-state index contributed by atoms with van der Waals surface area (Å²) in [5.41, 5.74) is 6.41. The highest BCUT2D eigenvalue weighted by Gasteiger charge is 2.19. The van der Waals surface area contributed by atoms with Gasteiger partial charge >= 0.3 is 5.97 Å². The number of halogens is 1. The number of ether oxygens (including phenoxy) is 2. The number of aryl methyl sites for hydroxylation is 1. The molecule has 0 aliphatic heterocycles. The predicted octanol–water partition coefficient (Wildman–Crippen LogP) is 6.95. The molecule has 0 unspecified atom stereocenters. The Kier molecular flexibility index (Phi) is 8.85. The number of methoxy groups -OCH3 is 1. The molecule has 0 saturated heterocycles. The molecule has 0 spiro atoms. The molecule has 1 aromatic heterocycles. The van der Waals surface area contributed by atoms with E-state index in [1.165, 1.54) is 5.56 Å². The van der Waals surface area contributed by atoms with Crippen LogP contribution in [0.4, 0.5) is 0 Å². The van der Waals surface area contributed by atoms with Gasteiger partial charge in [0.25, 0.3) is 5.89 Å². The Morgan fingerprint density at radius 1 is 1.00 bits per heavy atom. The second-order valence-electron chi connectivity index (χ2n) is 10.6. The van der Waals surface area contributed by atoms with Gasteiger partial charge in [0.15, 0.2) is 0 Å². The summed E-state index contributed by atoms with van der Waals surface area (Å²) >= 11 is 6.59. The summed E-state index contributed by atoms with van der Waals surface area (Å²) < 4.78 is 16.5. The molecular formula is C31H34ClN3O4. The van der Waals surface area contributed by atoms with Crippen LogP contribution in [-0.4, -0.2) is 47.3 Å². The van der Waals surface area contributed by atoms with Crippen LogP contribution in [0.25, 0.3) is 34.0 Å². The lowest BCUT2D eigenvalue weighted by Crippen LogP contribution is -2.32. The topological polar surface area (TPSA) is 77.7 Å². The van der Waals surface area contributed by atoms with Gasteiger partial charge in [-0.1, -0.05) is 59.2 Å². The van der Waals surface area contributed by atoms with Crippen LogP contribution in [0.2, 0.25) is 5.02 Å². The minimum absolute atomic E-state index is 0.164. The van der Waals surface area contributed by atoms with E-state index < -0.39 is 5.60 Å².